The molecule has 1 heterocycles. The van der Waals surface area contributed by atoms with Crippen LogP contribution in [0.5, 0.6) is 0 Å². The molecule has 0 amide bonds. The van der Waals surface area contributed by atoms with Gasteiger partial charge in [0.2, 0.25) is 0 Å². The van der Waals surface area contributed by atoms with Crippen molar-refractivity contribution in [1.29, 1.82) is 0 Å². The van der Waals surface area contributed by atoms with Crippen LogP contribution in [0.3, 0.4) is 0 Å². The Morgan fingerprint density at radius 3 is 2.76 bits per heavy atom. The number of benzene rings is 1. The van der Waals surface area contributed by atoms with Gasteiger partial charge < -0.3 is 5.73 Å². The summed E-state index contributed by atoms with van der Waals surface area (Å²) >= 11 is 1.76. The van der Waals surface area contributed by atoms with Crippen molar-refractivity contribution in [3.05, 3.63) is 29.3 Å². The Labute approximate surface area is 107 Å². The third kappa shape index (κ3) is 2.67. The largest absolute Gasteiger partial charge is 0.325 e. The summed E-state index contributed by atoms with van der Waals surface area (Å²) in [7, 11) is 0. The van der Waals surface area contributed by atoms with Gasteiger partial charge in [0.25, 0.3) is 0 Å². The van der Waals surface area contributed by atoms with E-state index in [0.717, 1.165) is 23.4 Å². The molecular weight excluding hydrogens is 228 g/mol. The van der Waals surface area contributed by atoms with Gasteiger partial charge in [0.1, 0.15) is 0 Å². The van der Waals surface area contributed by atoms with Gasteiger partial charge in [-0.25, -0.2) is 4.98 Å². The van der Waals surface area contributed by atoms with Crippen LogP contribution in [0, 0.1) is 5.92 Å². The van der Waals surface area contributed by atoms with E-state index < -0.39 is 0 Å². The molecule has 92 valence electrons. The lowest BCUT2D eigenvalue weighted by Gasteiger charge is -2.30. The van der Waals surface area contributed by atoms with Crippen LogP contribution < -0.4 is 5.73 Å². The highest BCUT2D eigenvalue weighted by atomic mass is 32.1. The number of para-hydroxylation sites is 1. The topological polar surface area (TPSA) is 38.9 Å². The van der Waals surface area contributed by atoms with E-state index >= 15 is 0 Å². The second-order valence-corrected chi connectivity index (χ2v) is 6.18. The number of hydrogen-bond acceptors (Lipinski definition) is 3. The average molecular weight is 248 g/mol. The number of fused-ring (bicyclic) bond motifs is 1. The first-order chi connectivity index (χ1) is 8.03. The molecule has 1 aromatic heterocycles. The van der Waals surface area contributed by atoms with Crippen LogP contribution in [0.25, 0.3) is 10.2 Å². The van der Waals surface area contributed by atoms with Crippen molar-refractivity contribution < 1.29 is 0 Å². The highest BCUT2D eigenvalue weighted by Crippen LogP contribution is 2.27. The fourth-order valence-corrected chi connectivity index (χ4v) is 3.11. The normalized spacial score (nSPS) is 16.9. The van der Waals surface area contributed by atoms with E-state index in [4.69, 9.17) is 5.73 Å². The lowest BCUT2D eigenvalue weighted by atomic mass is 9.83. The van der Waals surface area contributed by atoms with Gasteiger partial charge in [-0.1, -0.05) is 32.4 Å². The van der Waals surface area contributed by atoms with Crippen molar-refractivity contribution in [2.24, 2.45) is 11.7 Å². The maximum atomic E-state index is 6.39. The predicted molar refractivity (Wildman–Crippen MR) is 75.4 cm³/mol. The van der Waals surface area contributed by atoms with E-state index in [1.54, 1.807) is 11.3 Å². The maximum absolute atomic E-state index is 6.39. The molecule has 2 atom stereocenters. The average Bonchev–Trinajstić information content (AvgIpc) is 2.68. The highest BCUT2D eigenvalue weighted by molar-refractivity contribution is 7.18. The van der Waals surface area contributed by atoms with Gasteiger partial charge in [-0.3, -0.25) is 0 Å². The molecule has 2 aromatic rings. The monoisotopic (exact) mass is 248 g/mol. The first-order valence-corrected chi connectivity index (χ1v) is 6.98. The van der Waals surface area contributed by atoms with Crippen LogP contribution in [0.15, 0.2) is 24.3 Å². The summed E-state index contributed by atoms with van der Waals surface area (Å²) in [5, 5.41) is 1.15. The smallest absolute Gasteiger partial charge is 0.0956 e. The van der Waals surface area contributed by atoms with Crippen molar-refractivity contribution in [3.8, 4) is 0 Å². The SMILES string of the molecule is CCC(C)C(C)(N)Cc1nc2ccccc2s1. The van der Waals surface area contributed by atoms with Gasteiger partial charge in [0.15, 0.2) is 0 Å². The van der Waals surface area contributed by atoms with Gasteiger partial charge in [-0.2, -0.15) is 0 Å². The number of hydrogen-bond donors (Lipinski definition) is 1. The van der Waals surface area contributed by atoms with E-state index in [1.807, 2.05) is 6.07 Å². The van der Waals surface area contributed by atoms with Crippen molar-refractivity contribution in [3.63, 3.8) is 0 Å². The molecule has 0 spiro atoms. The molecule has 2 N–H and O–H groups in total. The standard InChI is InChI=1S/C14H20N2S/c1-4-10(2)14(3,15)9-13-16-11-7-5-6-8-12(11)17-13/h5-8,10H,4,9,15H2,1-3H3. The lowest BCUT2D eigenvalue weighted by molar-refractivity contribution is 0.306. The minimum atomic E-state index is -0.164. The van der Waals surface area contributed by atoms with Gasteiger partial charge in [-0.15, -0.1) is 11.3 Å². The molecular formula is C14H20N2S. The summed E-state index contributed by atoms with van der Waals surface area (Å²) in [6.07, 6.45) is 1.97. The van der Waals surface area contributed by atoms with E-state index in [9.17, 15) is 0 Å². The maximum Gasteiger partial charge on any atom is 0.0956 e. The Hall–Kier alpha value is -0.930. The van der Waals surface area contributed by atoms with Crippen LogP contribution in [0.4, 0.5) is 0 Å². The van der Waals surface area contributed by atoms with Crippen molar-refractivity contribution >= 4 is 21.6 Å². The molecule has 3 heteroatoms. The number of nitrogens with zero attached hydrogens (tertiary/aromatic N) is 1. The molecule has 1 aromatic carbocycles. The molecule has 0 aliphatic carbocycles. The Morgan fingerprint density at radius 2 is 2.12 bits per heavy atom. The predicted octanol–water partition coefficient (Wildman–Crippen LogP) is 3.60. The van der Waals surface area contributed by atoms with E-state index in [-0.39, 0.29) is 5.54 Å². The van der Waals surface area contributed by atoms with Crippen LogP contribution in [-0.4, -0.2) is 10.5 Å². The zero-order valence-electron chi connectivity index (χ0n) is 10.7. The lowest BCUT2D eigenvalue weighted by Crippen LogP contribution is -2.44. The Bertz CT molecular complexity index is 469. The zero-order valence-corrected chi connectivity index (χ0v) is 11.6. The zero-order chi connectivity index (χ0) is 12.5. The van der Waals surface area contributed by atoms with Crippen molar-refractivity contribution in [2.45, 2.75) is 39.2 Å². The summed E-state index contributed by atoms with van der Waals surface area (Å²) in [4.78, 5) is 4.65. The third-order valence-corrected chi connectivity index (χ3v) is 4.64. The minimum Gasteiger partial charge on any atom is -0.325 e. The summed E-state index contributed by atoms with van der Waals surface area (Å²) in [5.74, 6) is 0.509. The number of nitrogens with two attached hydrogens (primary N) is 1. The Balaban J connectivity index is 2.23. The van der Waals surface area contributed by atoms with Crippen LogP contribution in [0.2, 0.25) is 0 Å². The highest BCUT2D eigenvalue weighted by Gasteiger charge is 2.26. The molecule has 0 aliphatic heterocycles. The van der Waals surface area contributed by atoms with Gasteiger partial charge in [-0.05, 0) is 25.0 Å². The van der Waals surface area contributed by atoms with Gasteiger partial charge >= 0.3 is 0 Å². The summed E-state index contributed by atoms with van der Waals surface area (Å²) in [6.45, 7) is 6.54. The van der Waals surface area contributed by atoms with E-state index in [0.29, 0.717) is 5.92 Å². The Morgan fingerprint density at radius 1 is 1.41 bits per heavy atom. The minimum absolute atomic E-state index is 0.164. The molecule has 0 bridgehead atoms. The first kappa shape index (κ1) is 12.5. The number of rotatable bonds is 4. The van der Waals surface area contributed by atoms with E-state index in [1.165, 1.54) is 4.70 Å². The fourth-order valence-electron chi connectivity index (χ4n) is 1.96. The van der Waals surface area contributed by atoms with Crippen LogP contribution >= 0.6 is 11.3 Å². The molecule has 0 radical (unpaired) electrons. The second-order valence-electron chi connectivity index (χ2n) is 5.07. The number of aromatic nitrogens is 1. The fraction of sp³-hybridized carbons (Fsp3) is 0.500. The van der Waals surface area contributed by atoms with Crippen molar-refractivity contribution in [2.75, 3.05) is 0 Å². The summed E-state index contributed by atoms with van der Waals surface area (Å²) in [5.41, 5.74) is 7.32. The van der Waals surface area contributed by atoms with Crippen LogP contribution in [0.1, 0.15) is 32.2 Å². The molecule has 17 heavy (non-hydrogen) atoms. The molecule has 2 nitrogen and oxygen atoms in total. The third-order valence-electron chi connectivity index (χ3n) is 3.61. The summed E-state index contributed by atoms with van der Waals surface area (Å²) in [6, 6.07) is 8.27. The molecule has 2 unspecified atom stereocenters. The molecule has 0 saturated carbocycles. The molecule has 0 saturated heterocycles. The van der Waals surface area contributed by atoms with E-state index in [2.05, 4.69) is 44.0 Å². The number of thiazole rings is 1. The molecule has 0 fully saturated rings. The van der Waals surface area contributed by atoms with Gasteiger partial charge in [0, 0.05) is 12.0 Å². The first-order valence-electron chi connectivity index (χ1n) is 6.16. The summed E-state index contributed by atoms with van der Waals surface area (Å²) < 4.78 is 1.25. The van der Waals surface area contributed by atoms with Gasteiger partial charge in [0.05, 0.1) is 15.2 Å². The van der Waals surface area contributed by atoms with Crippen molar-refractivity contribution in [1.82, 2.24) is 4.98 Å². The Kier molecular flexibility index (Phi) is 3.50. The molecule has 0 aliphatic rings. The van der Waals surface area contributed by atoms with Crippen LogP contribution in [-0.2, 0) is 6.42 Å². The second kappa shape index (κ2) is 4.75. The molecule has 2 rings (SSSR count). The quantitative estimate of drug-likeness (QED) is 0.898.